The molecule has 0 saturated heterocycles. The van der Waals surface area contributed by atoms with Gasteiger partial charge < -0.3 is 9.88 Å². The van der Waals surface area contributed by atoms with Crippen LogP contribution >= 0.6 is 11.8 Å². The van der Waals surface area contributed by atoms with E-state index in [0.29, 0.717) is 11.7 Å². The van der Waals surface area contributed by atoms with Crippen LogP contribution in [0.5, 0.6) is 0 Å². The van der Waals surface area contributed by atoms with Crippen LogP contribution in [0.25, 0.3) is 11.0 Å². The molecule has 0 aliphatic heterocycles. The molecule has 3 aromatic rings. The Morgan fingerprint density at radius 1 is 1.12 bits per heavy atom. The fraction of sp³-hybridized carbons (Fsp3) is 0.300. The number of para-hydroxylation sites is 2. The Morgan fingerprint density at radius 2 is 1.80 bits per heavy atom. The molecule has 4 nitrogen and oxygen atoms in total. The van der Waals surface area contributed by atoms with E-state index in [1.54, 1.807) is 0 Å². The summed E-state index contributed by atoms with van der Waals surface area (Å²) in [5.41, 5.74) is 3.17. The van der Waals surface area contributed by atoms with Gasteiger partial charge in [-0.2, -0.15) is 0 Å². The number of amides is 1. The summed E-state index contributed by atoms with van der Waals surface area (Å²) in [6.45, 7) is 4.24. The lowest BCUT2D eigenvalue weighted by atomic mass is 9.96. The first-order valence-corrected chi connectivity index (χ1v) is 9.43. The molecule has 5 heteroatoms. The number of benzene rings is 2. The summed E-state index contributed by atoms with van der Waals surface area (Å²) in [4.78, 5) is 17.1. The first-order valence-electron chi connectivity index (χ1n) is 8.45. The van der Waals surface area contributed by atoms with E-state index in [1.807, 2.05) is 54.1 Å². The normalized spacial score (nSPS) is 12.5. The van der Waals surface area contributed by atoms with Gasteiger partial charge in [-0.25, -0.2) is 4.98 Å². The predicted molar refractivity (Wildman–Crippen MR) is 104 cm³/mol. The van der Waals surface area contributed by atoms with Gasteiger partial charge in [-0.3, -0.25) is 4.79 Å². The van der Waals surface area contributed by atoms with E-state index in [-0.39, 0.29) is 11.9 Å². The topological polar surface area (TPSA) is 46.9 Å². The van der Waals surface area contributed by atoms with Gasteiger partial charge in [0.1, 0.15) is 0 Å². The molecule has 130 valence electrons. The number of hydrogen-bond acceptors (Lipinski definition) is 3. The summed E-state index contributed by atoms with van der Waals surface area (Å²) in [7, 11) is 1.98. The molecule has 1 heterocycles. The first-order chi connectivity index (χ1) is 12.1. The van der Waals surface area contributed by atoms with Crippen LogP contribution in [0, 0.1) is 5.92 Å². The minimum atomic E-state index is 0.0229. The molecule has 1 N–H and O–H groups in total. The molecule has 2 aromatic carbocycles. The fourth-order valence-corrected chi connectivity index (χ4v) is 3.69. The standard InChI is InChI=1S/C20H23N3OS/c1-14(2)19(15-9-5-4-6-10-15)22-18(24)13-25-20-21-16-11-7-8-12-17(16)23(20)3/h4-12,14,19H,13H2,1-3H3,(H,22,24). The van der Waals surface area contributed by atoms with Crippen LogP contribution in [0.4, 0.5) is 0 Å². The molecule has 1 atom stereocenters. The predicted octanol–water partition coefficient (Wildman–Crippen LogP) is 4.18. The largest absolute Gasteiger partial charge is 0.348 e. The van der Waals surface area contributed by atoms with Crippen LogP contribution in [0.15, 0.2) is 59.8 Å². The number of carbonyl (C=O) groups excluding carboxylic acids is 1. The smallest absolute Gasteiger partial charge is 0.230 e. The lowest BCUT2D eigenvalue weighted by molar-refractivity contribution is -0.119. The second-order valence-electron chi connectivity index (χ2n) is 6.43. The number of aromatic nitrogens is 2. The number of nitrogens with one attached hydrogen (secondary N) is 1. The fourth-order valence-electron chi connectivity index (χ4n) is 2.89. The second-order valence-corrected chi connectivity index (χ2v) is 7.37. The molecule has 0 aliphatic carbocycles. The van der Waals surface area contributed by atoms with E-state index in [9.17, 15) is 4.79 Å². The van der Waals surface area contributed by atoms with Crippen molar-refractivity contribution >= 4 is 28.7 Å². The SMILES string of the molecule is CC(C)C(NC(=O)CSc1nc2ccccc2n1C)c1ccccc1. The van der Waals surface area contributed by atoms with Crippen LogP contribution < -0.4 is 5.32 Å². The van der Waals surface area contributed by atoms with Crippen molar-refractivity contribution in [3.63, 3.8) is 0 Å². The third-order valence-electron chi connectivity index (χ3n) is 4.22. The number of nitrogens with zero attached hydrogens (tertiary/aromatic N) is 2. The highest BCUT2D eigenvalue weighted by Crippen LogP contribution is 2.24. The lowest BCUT2D eigenvalue weighted by Gasteiger charge is -2.22. The number of fused-ring (bicyclic) bond motifs is 1. The minimum absolute atomic E-state index is 0.0229. The van der Waals surface area contributed by atoms with E-state index < -0.39 is 0 Å². The van der Waals surface area contributed by atoms with Crippen molar-refractivity contribution in [2.75, 3.05) is 5.75 Å². The van der Waals surface area contributed by atoms with E-state index in [2.05, 4.69) is 36.3 Å². The monoisotopic (exact) mass is 353 g/mol. The Hall–Kier alpha value is -2.27. The molecular formula is C20H23N3OS. The van der Waals surface area contributed by atoms with E-state index in [1.165, 1.54) is 11.8 Å². The second kappa shape index (κ2) is 7.74. The third-order valence-corrected chi connectivity index (χ3v) is 5.25. The third kappa shape index (κ3) is 4.04. The molecule has 0 aliphatic rings. The van der Waals surface area contributed by atoms with Crippen molar-refractivity contribution in [1.29, 1.82) is 0 Å². The van der Waals surface area contributed by atoms with Crippen molar-refractivity contribution in [3.05, 3.63) is 60.2 Å². The summed E-state index contributed by atoms with van der Waals surface area (Å²) in [6.07, 6.45) is 0. The van der Waals surface area contributed by atoms with Crippen LogP contribution in [-0.4, -0.2) is 21.2 Å². The zero-order valence-corrected chi connectivity index (χ0v) is 15.6. The Bertz CT molecular complexity index is 858. The first kappa shape index (κ1) is 17.5. The van der Waals surface area contributed by atoms with Gasteiger partial charge in [0.2, 0.25) is 5.91 Å². The highest BCUT2D eigenvalue weighted by molar-refractivity contribution is 7.99. The Balaban J connectivity index is 1.66. The van der Waals surface area contributed by atoms with E-state index in [0.717, 1.165) is 21.8 Å². The maximum absolute atomic E-state index is 12.5. The van der Waals surface area contributed by atoms with Gasteiger partial charge in [-0.15, -0.1) is 0 Å². The molecule has 0 spiro atoms. The maximum atomic E-state index is 12.5. The van der Waals surface area contributed by atoms with Gasteiger partial charge in [0.15, 0.2) is 5.16 Å². The molecule has 1 aromatic heterocycles. The van der Waals surface area contributed by atoms with E-state index >= 15 is 0 Å². The molecular weight excluding hydrogens is 330 g/mol. The highest BCUT2D eigenvalue weighted by Gasteiger charge is 2.18. The van der Waals surface area contributed by atoms with Gasteiger partial charge in [0.05, 0.1) is 22.8 Å². The number of carbonyl (C=O) groups is 1. The number of aryl methyl sites for hydroxylation is 1. The average Bonchev–Trinajstić information content (AvgIpc) is 2.95. The van der Waals surface area contributed by atoms with E-state index in [4.69, 9.17) is 0 Å². The molecule has 0 fully saturated rings. The van der Waals surface area contributed by atoms with Gasteiger partial charge in [0.25, 0.3) is 0 Å². The van der Waals surface area contributed by atoms with Crippen molar-refractivity contribution < 1.29 is 4.79 Å². The molecule has 0 saturated carbocycles. The molecule has 25 heavy (non-hydrogen) atoms. The summed E-state index contributed by atoms with van der Waals surface area (Å²) in [5, 5.41) is 4.02. The van der Waals surface area contributed by atoms with Crippen molar-refractivity contribution in [1.82, 2.24) is 14.9 Å². The molecule has 0 radical (unpaired) electrons. The Kier molecular flexibility index (Phi) is 5.43. The van der Waals surface area contributed by atoms with Gasteiger partial charge in [-0.05, 0) is 23.6 Å². The highest BCUT2D eigenvalue weighted by atomic mass is 32.2. The quantitative estimate of drug-likeness (QED) is 0.676. The molecule has 1 amide bonds. The zero-order chi connectivity index (χ0) is 17.8. The van der Waals surface area contributed by atoms with Crippen LogP contribution in [-0.2, 0) is 11.8 Å². The average molecular weight is 353 g/mol. The zero-order valence-electron chi connectivity index (χ0n) is 14.8. The van der Waals surface area contributed by atoms with Crippen LogP contribution in [0.1, 0.15) is 25.5 Å². The number of imidazole rings is 1. The summed E-state index contributed by atoms with van der Waals surface area (Å²) in [6, 6.07) is 18.1. The molecule has 0 bridgehead atoms. The summed E-state index contributed by atoms with van der Waals surface area (Å²) >= 11 is 1.47. The molecule has 1 unspecified atom stereocenters. The van der Waals surface area contributed by atoms with Crippen LogP contribution in [0.3, 0.4) is 0 Å². The van der Waals surface area contributed by atoms with Crippen LogP contribution in [0.2, 0.25) is 0 Å². The minimum Gasteiger partial charge on any atom is -0.348 e. The Labute approximate surface area is 152 Å². The Morgan fingerprint density at radius 3 is 2.48 bits per heavy atom. The van der Waals surface area contributed by atoms with Gasteiger partial charge in [-0.1, -0.05) is 68.1 Å². The molecule has 3 rings (SSSR count). The van der Waals surface area contributed by atoms with Crippen molar-refractivity contribution in [3.8, 4) is 0 Å². The maximum Gasteiger partial charge on any atom is 0.230 e. The lowest BCUT2D eigenvalue weighted by Crippen LogP contribution is -2.33. The number of thioether (sulfide) groups is 1. The van der Waals surface area contributed by atoms with Gasteiger partial charge in [0, 0.05) is 7.05 Å². The summed E-state index contributed by atoms with van der Waals surface area (Å²) < 4.78 is 2.03. The van der Waals surface area contributed by atoms with Crippen molar-refractivity contribution in [2.45, 2.75) is 25.0 Å². The number of hydrogen-bond donors (Lipinski definition) is 1. The van der Waals surface area contributed by atoms with Crippen molar-refractivity contribution in [2.24, 2.45) is 13.0 Å². The van der Waals surface area contributed by atoms with Gasteiger partial charge >= 0.3 is 0 Å². The number of rotatable bonds is 6. The summed E-state index contributed by atoms with van der Waals surface area (Å²) in [5.74, 6) is 0.708.